The van der Waals surface area contributed by atoms with Crippen LogP contribution in [0.15, 0.2) is 23.1 Å². The maximum atomic E-state index is 13.8. The number of halogens is 1. The second kappa shape index (κ2) is 6.64. The van der Waals surface area contributed by atoms with Gasteiger partial charge in [0.2, 0.25) is 15.9 Å². The third-order valence-corrected chi connectivity index (χ3v) is 4.69. The van der Waals surface area contributed by atoms with Crippen LogP contribution in [0.5, 0.6) is 0 Å². The quantitative estimate of drug-likeness (QED) is 0.784. The first-order valence-corrected chi connectivity index (χ1v) is 7.34. The van der Waals surface area contributed by atoms with Gasteiger partial charge in [0.05, 0.1) is 5.56 Å². The Balaban J connectivity index is 3.02. The predicted octanol–water partition coefficient (Wildman–Crippen LogP) is 0.281. The third-order valence-electron chi connectivity index (χ3n) is 2.80. The molecule has 1 aromatic carbocycles. The topological polar surface area (TPSA) is 104 Å². The van der Waals surface area contributed by atoms with Crippen LogP contribution in [0.25, 0.3) is 0 Å². The molecule has 0 heterocycles. The molecule has 0 saturated heterocycles. The summed E-state index contributed by atoms with van der Waals surface area (Å²) < 4.78 is 38.9. The van der Waals surface area contributed by atoms with Crippen LogP contribution in [0.4, 0.5) is 4.39 Å². The maximum Gasteiger partial charge on any atom is 0.335 e. The number of aromatic carboxylic acids is 1. The Labute approximate surface area is 121 Å². The SMILES string of the molecule is CNC(=O)CCN(C)S(=O)(=O)c1ccc(C(=O)O)cc1F. The van der Waals surface area contributed by atoms with Gasteiger partial charge in [-0.2, -0.15) is 0 Å². The van der Waals surface area contributed by atoms with Gasteiger partial charge in [-0.15, -0.1) is 0 Å². The first-order chi connectivity index (χ1) is 9.70. The fraction of sp³-hybridized carbons (Fsp3) is 0.333. The van der Waals surface area contributed by atoms with E-state index in [1.807, 2.05) is 0 Å². The molecule has 1 aromatic rings. The number of nitrogens with one attached hydrogen (secondary N) is 1. The summed E-state index contributed by atoms with van der Waals surface area (Å²) in [6.45, 7) is -0.123. The molecule has 21 heavy (non-hydrogen) atoms. The Bertz CT molecular complexity index is 660. The van der Waals surface area contributed by atoms with Crippen molar-refractivity contribution in [3.8, 4) is 0 Å². The normalized spacial score (nSPS) is 11.4. The van der Waals surface area contributed by atoms with E-state index in [1.165, 1.54) is 14.1 Å². The van der Waals surface area contributed by atoms with E-state index in [0.717, 1.165) is 16.4 Å². The molecular formula is C12H15FN2O5S. The average molecular weight is 318 g/mol. The van der Waals surface area contributed by atoms with Crippen molar-refractivity contribution in [1.29, 1.82) is 0 Å². The van der Waals surface area contributed by atoms with E-state index in [4.69, 9.17) is 5.11 Å². The standard InChI is InChI=1S/C12H15FN2O5S/c1-14-11(16)5-6-15(2)21(19,20)10-4-3-8(12(17)18)7-9(10)13/h3-4,7H,5-6H2,1-2H3,(H,14,16)(H,17,18). The van der Waals surface area contributed by atoms with Crippen LogP contribution >= 0.6 is 0 Å². The van der Waals surface area contributed by atoms with Crippen LogP contribution < -0.4 is 5.32 Å². The van der Waals surface area contributed by atoms with Gasteiger partial charge in [-0.05, 0) is 18.2 Å². The zero-order valence-corrected chi connectivity index (χ0v) is 12.3. The number of carbonyl (C=O) groups is 2. The Hall–Kier alpha value is -2.00. The number of hydrogen-bond acceptors (Lipinski definition) is 4. The van der Waals surface area contributed by atoms with Crippen LogP contribution in [0, 0.1) is 5.82 Å². The number of carbonyl (C=O) groups excluding carboxylic acids is 1. The van der Waals surface area contributed by atoms with Crippen LogP contribution in [0.1, 0.15) is 16.8 Å². The fourth-order valence-electron chi connectivity index (χ4n) is 1.52. The monoisotopic (exact) mass is 318 g/mol. The molecule has 0 aliphatic heterocycles. The molecule has 116 valence electrons. The zero-order chi connectivity index (χ0) is 16.2. The minimum Gasteiger partial charge on any atom is -0.478 e. The van der Waals surface area contributed by atoms with Gasteiger partial charge < -0.3 is 10.4 Å². The lowest BCUT2D eigenvalue weighted by Gasteiger charge is -2.17. The predicted molar refractivity (Wildman–Crippen MR) is 71.9 cm³/mol. The van der Waals surface area contributed by atoms with Gasteiger partial charge in [0, 0.05) is 27.1 Å². The fourth-order valence-corrected chi connectivity index (χ4v) is 2.73. The number of benzene rings is 1. The van der Waals surface area contributed by atoms with Gasteiger partial charge in [0.1, 0.15) is 10.7 Å². The number of carboxylic acid groups (broad SMARTS) is 1. The molecule has 0 aromatic heterocycles. The summed E-state index contributed by atoms with van der Waals surface area (Å²) in [6.07, 6.45) is -0.0684. The smallest absolute Gasteiger partial charge is 0.335 e. The number of hydrogen-bond donors (Lipinski definition) is 2. The minimum atomic E-state index is -4.13. The van der Waals surface area contributed by atoms with Crippen LogP contribution in [-0.4, -0.2) is 50.3 Å². The van der Waals surface area contributed by atoms with Crippen molar-refractivity contribution in [1.82, 2.24) is 9.62 Å². The minimum absolute atomic E-state index is 0.0684. The second-order valence-electron chi connectivity index (χ2n) is 4.20. The third kappa shape index (κ3) is 3.99. The first kappa shape index (κ1) is 17.1. The van der Waals surface area contributed by atoms with Crippen molar-refractivity contribution < 1.29 is 27.5 Å². The van der Waals surface area contributed by atoms with Gasteiger partial charge in [-0.25, -0.2) is 21.9 Å². The highest BCUT2D eigenvalue weighted by Crippen LogP contribution is 2.19. The lowest BCUT2D eigenvalue weighted by atomic mass is 10.2. The molecule has 0 aliphatic rings. The molecule has 0 saturated carbocycles. The molecule has 0 fully saturated rings. The van der Waals surface area contributed by atoms with E-state index in [1.54, 1.807) is 0 Å². The second-order valence-corrected chi connectivity index (χ2v) is 6.21. The van der Waals surface area contributed by atoms with Crippen LogP contribution in [0.3, 0.4) is 0 Å². The van der Waals surface area contributed by atoms with Crippen LogP contribution in [-0.2, 0) is 14.8 Å². The molecule has 7 nitrogen and oxygen atoms in total. The average Bonchev–Trinajstić information content (AvgIpc) is 2.43. The molecule has 1 amide bonds. The summed E-state index contributed by atoms with van der Waals surface area (Å²) in [5, 5.41) is 11.1. The molecule has 1 rings (SSSR count). The van der Waals surface area contributed by atoms with E-state index in [2.05, 4.69) is 5.32 Å². The van der Waals surface area contributed by atoms with E-state index in [0.29, 0.717) is 6.07 Å². The summed E-state index contributed by atoms with van der Waals surface area (Å²) in [5.41, 5.74) is -0.348. The van der Waals surface area contributed by atoms with Crippen molar-refractivity contribution >= 4 is 21.9 Å². The lowest BCUT2D eigenvalue weighted by molar-refractivity contribution is -0.120. The van der Waals surface area contributed by atoms with Gasteiger partial charge in [-0.3, -0.25) is 4.79 Å². The Morgan fingerprint density at radius 1 is 1.38 bits per heavy atom. The summed E-state index contributed by atoms with van der Waals surface area (Å²) >= 11 is 0. The highest BCUT2D eigenvalue weighted by Gasteiger charge is 2.25. The van der Waals surface area contributed by atoms with Gasteiger partial charge in [-0.1, -0.05) is 0 Å². The van der Waals surface area contributed by atoms with E-state index in [-0.39, 0.29) is 24.4 Å². The summed E-state index contributed by atoms with van der Waals surface area (Å²) in [4.78, 5) is 21.1. The number of nitrogens with zero attached hydrogens (tertiary/aromatic N) is 1. The molecule has 9 heteroatoms. The molecule has 0 atom stereocenters. The summed E-state index contributed by atoms with van der Waals surface area (Å²) in [5.74, 6) is -2.86. The molecule has 0 aliphatic carbocycles. The highest BCUT2D eigenvalue weighted by atomic mass is 32.2. The molecular weight excluding hydrogens is 303 g/mol. The Morgan fingerprint density at radius 2 is 2.00 bits per heavy atom. The number of rotatable bonds is 6. The van der Waals surface area contributed by atoms with E-state index >= 15 is 0 Å². The Kier molecular flexibility index (Phi) is 5.39. The van der Waals surface area contributed by atoms with Crippen molar-refractivity contribution in [3.05, 3.63) is 29.6 Å². The van der Waals surface area contributed by atoms with Crippen molar-refractivity contribution in [2.45, 2.75) is 11.3 Å². The number of amides is 1. The number of carboxylic acids is 1. The largest absolute Gasteiger partial charge is 0.478 e. The first-order valence-electron chi connectivity index (χ1n) is 5.90. The molecule has 2 N–H and O–H groups in total. The van der Waals surface area contributed by atoms with Crippen molar-refractivity contribution in [3.63, 3.8) is 0 Å². The highest BCUT2D eigenvalue weighted by molar-refractivity contribution is 7.89. The lowest BCUT2D eigenvalue weighted by Crippen LogP contribution is -2.32. The zero-order valence-electron chi connectivity index (χ0n) is 11.5. The Morgan fingerprint density at radius 3 is 2.48 bits per heavy atom. The van der Waals surface area contributed by atoms with Crippen LogP contribution in [0.2, 0.25) is 0 Å². The van der Waals surface area contributed by atoms with E-state index in [9.17, 15) is 22.4 Å². The number of sulfonamides is 1. The van der Waals surface area contributed by atoms with Gasteiger partial charge in [0.25, 0.3) is 0 Å². The summed E-state index contributed by atoms with van der Waals surface area (Å²) in [7, 11) is -1.50. The van der Waals surface area contributed by atoms with Crippen molar-refractivity contribution in [2.24, 2.45) is 0 Å². The van der Waals surface area contributed by atoms with Gasteiger partial charge in [0.15, 0.2) is 0 Å². The van der Waals surface area contributed by atoms with Gasteiger partial charge >= 0.3 is 5.97 Å². The molecule has 0 bridgehead atoms. The molecule has 0 unspecified atom stereocenters. The van der Waals surface area contributed by atoms with Crippen molar-refractivity contribution in [2.75, 3.05) is 20.6 Å². The molecule has 0 spiro atoms. The van der Waals surface area contributed by atoms with E-state index < -0.39 is 26.7 Å². The molecule has 0 radical (unpaired) electrons. The maximum absolute atomic E-state index is 13.8. The summed E-state index contributed by atoms with van der Waals surface area (Å²) in [6, 6.07) is 2.54.